The van der Waals surface area contributed by atoms with E-state index in [4.69, 9.17) is 5.26 Å². The molecule has 0 bridgehead atoms. The largest absolute Gasteiger partial charge is 0.416 e. The highest BCUT2D eigenvalue weighted by atomic mass is 19.4. The Bertz CT molecular complexity index is 1080. The molecule has 29 heavy (non-hydrogen) atoms. The van der Waals surface area contributed by atoms with Gasteiger partial charge < -0.3 is 4.90 Å². The summed E-state index contributed by atoms with van der Waals surface area (Å²) < 4.78 is 40.2. The Morgan fingerprint density at radius 3 is 2.52 bits per heavy atom. The smallest absolute Gasteiger partial charge is 0.337 e. The van der Waals surface area contributed by atoms with Crippen LogP contribution in [0, 0.1) is 18.3 Å². The fourth-order valence-corrected chi connectivity index (χ4v) is 2.93. The summed E-state index contributed by atoms with van der Waals surface area (Å²) in [6, 6.07) is 13.7. The lowest BCUT2D eigenvalue weighted by atomic mass is 10.1. The van der Waals surface area contributed by atoms with Crippen molar-refractivity contribution in [3.63, 3.8) is 0 Å². The van der Waals surface area contributed by atoms with E-state index in [1.54, 1.807) is 38.2 Å². The highest BCUT2D eigenvalue weighted by molar-refractivity contribution is 5.95. The Morgan fingerprint density at radius 2 is 1.90 bits per heavy atom. The molecule has 0 aliphatic heterocycles. The van der Waals surface area contributed by atoms with Crippen LogP contribution in [0.5, 0.6) is 0 Å². The van der Waals surface area contributed by atoms with Crippen LogP contribution in [0.2, 0.25) is 0 Å². The summed E-state index contributed by atoms with van der Waals surface area (Å²) in [4.78, 5) is 14.3. The number of hydrogen-bond donors (Lipinski definition) is 0. The summed E-state index contributed by atoms with van der Waals surface area (Å²) in [6.45, 7) is 1.95. The lowest BCUT2D eigenvalue weighted by molar-refractivity contribution is -0.137. The van der Waals surface area contributed by atoms with Gasteiger partial charge in [0.15, 0.2) is 0 Å². The Hall–Kier alpha value is -3.60. The molecule has 0 N–H and O–H groups in total. The number of nitrogens with zero attached hydrogens (tertiary/aromatic N) is 4. The van der Waals surface area contributed by atoms with Gasteiger partial charge in [0.1, 0.15) is 0 Å². The first-order valence-corrected chi connectivity index (χ1v) is 8.67. The Balaban J connectivity index is 1.83. The minimum absolute atomic E-state index is 0.228. The monoisotopic (exact) mass is 398 g/mol. The van der Waals surface area contributed by atoms with Crippen LogP contribution in [0.25, 0.3) is 5.69 Å². The summed E-state index contributed by atoms with van der Waals surface area (Å²) in [7, 11) is 1.63. The van der Waals surface area contributed by atoms with Crippen molar-refractivity contribution in [2.75, 3.05) is 7.05 Å². The average molecular weight is 398 g/mol. The zero-order chi connectivity index (χ0) is 21.2. The van der Waals surface area contributed by atoms with Crippen molar-refractivity contribution in [2.24, 2.45) is 0 Å². The third-order valence-corrected chi connectivity index (χ3v) is 4.51. The van der Waals surface area contributed by atoms with Crippen molar-refractivity contribution in [3.05, 3.63) is 82.7 Å². The van der Waals surface area contributed by atoms with Crippen molar-refractivity contribution in [1.82, 2.24) is 14.7 Å². The maximum atomic E-state index is 13.0. The fraction of sp³-hybridized carbons (Fsp3) is 0.190. The molecule has 8 heteroatoms. The first-order valence-electron chi connectivity index (χ1n) is 8.67. The Labute approximate surface area is 165 Å². The summed E-state index contributed by atoms with van der Waals surface area (Å²) >= 11 is 0. The van der Waals surface area contributed by atoms with E-state index in [1.807, 2.05) is 6.07 Å². The molecule has 1 amide bonds. The number of halogens is 3. The van der Waals surface area contributed by atoms with Crippen molar-refractivity contribution in [1.29, 1.82) is 5.26 Å². The molecule has 0 saturated heterocycles. The van der Waals surface area contributed by atoms with E-state index >= 15 is 0 Å². The first kappa shape index (κ1) is 20.1. The van der Waals surface area contributed by atoms with Crippen LogP contribution in [0.1, 0.15) is 32.7 Å². The lowest BCUT2D eigenvalue weighted by Crippen LogP contribution is -2.26. The maximum Gasteiger partial charge on any atom is 0.416 e. The van der Waals surface area contributed by atoms with Gasteiger partial charge in [-0.25, -0.2) is 4.68 Å². The van der Waals surface area contributed by atoms with E-state index in [-0.39, 0.29) is 11.6 Å². The fourth-order valence-electron chi connectivity index (χ4n) is 2.93. The topological polar surface area (TPSA) is 61.9 Å². The van der Waals surface area contributed by atoms with Gasteiger partial charge in [-0.1, -0.05) is 18.2 Å². The highest BCUT2D eigenvalue weighted by Gasteiger charge is 2.31. The van der Waals surface area contributed by atoms with Crippen LogP contribution in [0.15, 0.2) is 54.7 Å². The van der Waals surface area contributed by atoms with E-state index in [0.717, 1.165) is 17.7 Å². The van der Waals surface area contributed by atoms with Crippen molar-refractivity contribution >= 4 is 5.91 Å². The van der Waals surface area contributed by atoms with Gasteiger partial charge in [-0.15, -0.1) is 0 Å². The summed E-state index contributed by atoms with van der Waals surface area (Å²) in [6.07, 6.45) is -3.11. The summed E-state index contributed by atoms with van der Waals surface area (Å²) in [5.41, 5.74) is 1.57. The number of aromatic nitrogens is 2. The highest BCUT2D eigenvalue weighted by Crippen LogP contribution is 2.30. The zero-order valence-electron chi connectivity index (χ0n) is 15.7. The molecule has 0 unspecified atom stereocenters. The van der Waals surface area contributed by atoms with Gasteiger partial charge in [0.25, 0.3) is 5.91 Å². The molecule has 2 aromatic carbocycles. The zero-order valence-corrected chi connectivity index (χ0v) is 15.7. The molecule has 3 rings (SSSR count). The second-order valence-electron chi connectivity index (χ2n) is 6.57. The molecule has 3 aromatic rings. The number of amides is 1. The number of carbonyl (C=O) groups is 1. The van der Waals surface area contributed by atoms with Gasteiger partial charge >= 0.3 is 6.18 Å². The normalized spacial score (nSPS) is 11.2. The van der Waals surface area contributed by atoms with Gasteiger partial charge in [-0.05, 0) is 42.8 Å². The van der Waals surface area contributed by atoms with E-state index < -0.39 is 11.7 Å². The Morgan fingerprint density at radius 1 is 1.21 bits per heavy atom. The van der Waals surface area contributed by atoms with Gasteiger partial charge in [0, 0.05) is 13.6 Å². The molecule has 1 aromatic heterocycles. The minimum Gasteiger partial charge on any atom is -0.337 e. The van der Waals surface area contributed by atoms with Crippen LogP contribution in [-0.2, 0) is 12.7 Å². The molecule has 0 saturated carbocycles. The van der Waals surface area contributed by atoms with E-state index in [1.165, 1.54) is 27.9 Å². The number of alkyl halides is 3. The lowest BCUT2D eigenvalue weighted by Gasteiger charge is -2.17. The second-order valence-corrected chi connectivity index (χ2v) is 6.57. The molecule has 148 valence electrons. The molecule has 5 nitrogen and oxygen atoms in total. The molecule has 0 atom stereocenters. The quantitative estimate of drug-likeness (QED) is 0.657. The number of nitriles is 1. The second kappa shape index (κ2) is 7.80. The average Bonchev–Trinajstić information content (AvgIpc) is 3.08. The van der Waals surface area contributed by atoms with Crippen LogP contribution in [-0.4, -0.2) is 27.6 Å². The predicted molar refractivity (Wildman–Crippen MR) is 100 cm³/mol. The number of carbonyl (C=O) groups excluding carboxylic acids is 1. The third-order valence-electron chi connectivity index (χ3n) is 4.51. The summed E-state index contributed by atoms with van der Waals surface area (Å²) in [5.74, 6) is -0.301. The molecule has 0 radical (unpaired) electrons. The van der Waals surface area contributed by atoms with Crippen LogP contribution >= 0.6 is 0 Å². The van der Waals surface area contributed by atoms with Crippen LogP contribution in [0.3, 0.4) is 0 Å². The standard InChI is InChI=1S/C21H17F3N4O/c1-14-19(20(29)27(2)13-16-8-6-15(11-25)7-9-16)12-26-28(14)18-5-3-4-17(10-18)21(22,23)24/h3-10,12H,13H2,1-2H3. The summed E-state index contributed by atoms with van der Waals surface area (Å²) in [5, 5.41) is 13.0. The minimum atomic E-state index is -4.46. The first-order chi connectivity index (χ1) is 13.7. The van der Waals surface area contributed by atoms with E-state index in [0.29, 0.717) is 23.4 Å². The number of hydrogen-bond acceptors (Lipinski definition) is 3. The molecular formula is C21H17F3N4O. The molecular weight excluding hydrogens is 381 g/mol. The molecule has 0 fully saturated rings. The molecule has 0 aliphatic rings. The Kier molecular flexibility index (Phi) is 5.41. The predicted octanol–water partition coefficient (Wildman–Crippen LogP) is 4.34. The van der Waals surface area contributed by atoms with Gasteiger partial charge in [-0.2, -0.15) is 23.5 Å². The third kappa shape index (κ3) is 4.29. The van der Waals surface area contributed by atoms with Crippen molar-refractivity contribution in [2.45, 2.75) is 19.6 Å². The van der Waals surface area contributed by atoms with E-state index in [9.17, 15) is 18.0 Å². The van der Waals surface area contributed by atoms with Crippen molar-refractivity contribution < 1.29 is 18.0 Å². The van der Waals surface area contributed by atoms with Gasteiger partial charge in [-0.3, -0.25) is 4.79 Å². The number of rotatable bonds is 4. The molecule has 0 spiro atoms. The molecule has 0 aliphatic carbocycles. The maximum absolute atomic E-state index is 13.0. The molecule has 1 heterocycles. The number of benzene rings is 2. The van der Waals surface area contributed by atoms with Gasteiger partial charge in [0.05, 0.1) is 40.3 Å². The van der Waals surface area contributed by atoms with Gasteiger partial charge in [0.2, 0.25) is 0 Å². The van der Waals surface area contributed by atoms with Crippen LogP contribution in [0.4, 0.5) is 13.2 Å². The van der Waals surface area contributed by atoms with E-state index in [2.05, 4.69) is 5.10 Å². The van der Waals surface area contributed by atoms with Crippen LogP contribution < -0.4 is 0 Å². The van der Waals surface area contributed by atoms with Crippen molar-refractivity contribution in [3.8, 4) is 11.8 Å². The SMILES string of the molecule is Cc1c(C(=O)N(C)Cc2ccc(C#N)cc2)cnn1-c1cccc(C(F)(F)F)c1.